The number of nitrogens with zero attached hydrogens (tertiary/aromatic N) is 1. The fourth-order valence-electron chi connectivity index (χ4n) is 1.38. The van der Waals surface area contributed by atoms with Gasteiger partial charge in [0, 0.05) is 24.1 Å². The van der Waals surface area contributed by atoms with Gasteiger partial charge in [-0.25, -0.2) is 0 Å². The summed E-state index contributed by atoms with van der Waals surface area (Å²) in [6.07, 6.45) is 0.848. The molecule has 0 amide bonds. The molecular formula is C9H12N2O2. The van der Waals surface area contributed by atoms with Crippen LogP contribution in [0.5, 0.6) is 11.8 Å². The van der Waals surface area contributed by atoms with Crippen LogP contribution in [0.4, 0.5) is 0 Å². The second kappa shape index (κ2) is 3.22. The van der Waals surface area contributed by atoms with Gasteiger partial charge in [-0.3, -0.25) is 0 Å². The van der Waals surface area contributed by atoms with Crippen molar-refractivity contribution < 1.29 is 9.47 Å². The summed E-state index contributed by atoms with van der Waals surface area (Å²) in [4.78, 5) is 4.16. The predicted octanol–water partition coefficient (Wildman–Crippen LogP) is 0.872. The molecule has 1 atom stereocenters. The number of nitrogens with two attached hydrogens (primary N) is 1. The van der Waals surface area contributed by atoms with Crippen molar-refractivity contribution in [3.8, 4) is 11.8 Å². The van der Waals surface area contributed by atoms with Gasteiger partial charge in [0.15, 0.2) is 0 Å². The second-order valence-electron chi connectivity index (χ2n) is 2.99. The fourth-order valence-corrected chi connectivity index (χ4v) is 1.38. The van der Waals surface area contributed by atoms with Crippen LogP contribution in [0.3, 0.4) is 0 Å². The summed E-state index contributed by atoms with van der Waals surface area (Å²) in [6.45, 7) is 0.633. The van der Waals surface area contributed by atoms with Crippen LogP contribution >= 0.6 is 0 Å². The summed E-state index contributed by atoms with van der Waals surface area (Å²) in [5, 5.41) is 0. The molecule has 4 heteroatoms. The van der Waals surface area contributed by atoms with Gasteiger partial charge in [-0.05, 0) is 6.07 Å². The largest absolute Gasteiger partial charge is 0.481 e. The van der Waals surface area contributed by atoms with Gasteiger partial charge in [0.25, 0.3) is 0 Å². The van der Waals surface area contributed by atoms with Crippen molar-refractivity contribution in [2.75, 3.05) is 13.7 Å². The number of hydrogen-bond donors (Lipinski definition) is 1. The van der Waals surface area contributed by atoms with Crippen LogP contribution in [0.15, 0.2) is 12.1 Å². The van der Waals surface area contributed by atoms with E-state index >= 15 is 0 Å². The number of aromatic nitrogens is 1. The normalized spacial score (nSPS) is 20.3. The van der Waals surface area contributed by atoms with Gasteiger partial charge in [-0.15, -0.1) is 0 Å². The molecule has 1 aromatic rings. The van der Waals surface area contributed by atoms with Crippen LogP contribution in [0.2, 0.25) is 0 Å². The fraction of sp³-hybridized carbons (Fsp3) is 0.444. The molecule has 2 N–H and O–H groups in total. The highest BCUT2D eigenvalue weighted by atomic mass is 16.5. The number of methoxy groups -OCH3 is 1. The summed E-state index contributed by atoms with van der Waals surface area (Å²) in [7, 11) is 1.58. The molecule has 1 aromatic heterocycles. The average molecular weight is 180 g/mol. The minimum atomic E-state index is 0.0437. The molecule has 1 aliphatic rings. The van der Waals surface area contributed by atoms with Gasteiger partial charge in [-0.1, -0.05) is 0 Å². The molecule has 0 aliphatic carbocycles. The lowest BCUT2D eigenvalue weighted by atomic mass is 10.1. The van der Waals surface area contributed by atoms with Crippen molar-refractivity contribution >= 4 is 0 Å². The molecule has 1 unspecified atom stereocenters. The monoisotopic (exact) mass is 180 g/mol. The standard InChI is InChI=1S/C9H12N2O2/c1-12-8-3-2-6-7(10)4-5-13-9(6)11-8/h2-3,7H,4-5,10H2,1H3. The van der Waals surface area contributed by atoms with E-state index in [1.165, 1.54) is 0 Å². The molecule has 2 rings (SSSR count). The smallest absolute Gasteiger partial charge is 0.221 e. The van der Waals surface area contributed by atoms with Crippen LogP contribution in [0.25, 0.3) is 0 Å². The first-order valence-corrected chi connectivity index (χ1v) is 4.24. The Morgan fingerprint density at radius 3 is 3.23 bits per heavy atom. The lowest BCUT2D eigenvalue weighted by molar-refractivity contribution is 0.253. The van der Waals surface area contributed by atoms with Gasteiger partial charge < -0.3 is 15.2 Å². The molecule has 13 heavy (non-hydrogen) atoms. The quantitative estimate of drug-likeness (QED) is 0.696. The van der Waals surface area contributed by atoms with Crippen molar-refractivity contribution in [2.24, 2.45) is 5.73 Å². The number of rotatable bonds is 1. The average Bonchev–Trinajstić information content (AvgIpc) is 2.18. The van der Waals surface area contributed by atoms with Crippen molar-refractivity contribution in [2.45, 2.75) is 12.5 Å². The number of hydrogen-bond acceptors (Lipinski definition) is 4. The van der Waals surface area contributed by atoms with Crippen LogP contribution in [-0.2, 0) is 0 Å². The predicted molar refractivity (Wildman–Crippen MR) is 47.8 cm³/mol. The third-order valence-corrected chi connectivity index (χ3v) is 2.14. The molecule has 0 bridgehead atoms. The van der Waals surface area contributed by atoms with Crippen molar-refractivity contribution in [1.29, 1.82) is 0 Å². The van der Waals surface area contributed by atoms with Crippen molar-refractivity contribution in [3.63, 3.8) is 0 Å². The molecule has 2 heterocycles. The molecule has 70 valence electrons. The highest BCUT2D eigenvalue weighted by Gasteiger charge is 2.19. The Labute approximate surface area is 76.7 Å². The zero-order valence-corrected chi connectivity index (χ0v) is 7.49. The Kier molecular flexibility index (Phi) is 2.06. The first-order chi connectivity index (χ1) is 6.31. The lowest BCUT2D eigenvalue weighted by Gasteiger charge is -2.21. The van der Waals surface area contributed by atoms with Crippen molar-refractivity contribution in [1.82, 2.24) is 4.98 Å². The minimum absolute atomic E-state index is 0.0437. The highest BCUT2D eigenvalue weighted by molar-refractivity contribution is 5.34. The van der Waals surface area contributed by atoms with E-state index in [0.29, 0.717) is 18.4 Å². The zero-order chi connectivity index (χ0) is 9.26. The summed E-state index contributed by atoms with van der Waals surface area (Å²) >= 11 is 0. The van der Waals surface area contributed by atoms with Crippen LogP contribution in [0.1, 0.15) is 18.0 Å². The molecule has 0 spiro atoms. The minimum Gasteiger partial charge on any atom is -0.481 e. The molecule has 1 aliphatic heterocycles. The molecular weight excluding hydrogens is 168 g/mol. The molecule has 0 radical (unpaired) electrons. The Hall–Kier alpha value is -1.29. The molecule has 0 aromatic carbocycles. The van der Waals surface area contributed by atoms with E-state index in [9.17, 15) is 0 Å². The van der Waals surface area contributed by atoms with Gasteiger partial charge in [0.1, 0.15) is 0 Å². The van der Waals surface area contributed by atoms with Crippen LogP contribution < -0.4 is 15.2 Å². The van der Waals surface area contributed by atoms with Gasteiger partial charge >= 0.3 is 0 Å². The van der Waals surface area contributed by atoms with Gasteiger partial charge in [0.05, 0.1) is 13.7 Å². The molecule has 0 fully saturated rings. The summed E-state index contributed by atoms with van der Waals surface area (Å²) in [6, 6.07) is 3.75. The van der Waals surface area contributed by atoms with Gasteiger partial charge in [0.2, 0.25) is 11.8 Å². The van der Waals surface area contributed by atoms with Crippen molar-refractivity contribution in [3.05, 3.63) is 17.7 Å². The number of fused-ring (bicyclic) bond motifs is 1. The van der Waals surface area contributed by atoms with Crippen LogP contribution in [-0.4, -0.2) is 18.7 Å². The lowest BCUT2D eigenvalue weighted by Crippen LogP contribution is -2.21. The van der Waals surface area contributed by atoms with Gasteiger partial charge in [-0.2, -0.15) is 4.98 Å². The van der Waals surface area contributed by atoms with E-state index in [1.54, 1.807) is 13.2 Å². The molecule has 0 saturated carbocycles. The number of ether oxygens (including phenoxy) is 2. The first kappa shape index (κ1) is 8.31. The maximum Gasteiger partial charge on any atom is 0.221 e. The van der Waals surface area contributed by atoms with E-state index < -0.39 is 0 Å². The first-order valence-electron chi connectivity index (χ1n) is 4.24. The molecule has 0 saturated heterocycles. The maximum absolute atomic E-state index is 5.88. The summed E-state index contributed by atoms with van der Waals surface area (Å²) in [5.74, 6) is 1.17. The zero-order valence-electron chi connectivity index (χ0n) is 7.49. The third kappa shape index (κ3) is 1.45. The van der Waals surface area contributed by atoms with E-state index in [2.05, 4.69) is 4.98 Å². The maximum atomic E-state index is 5.88. The highest BCUT2D eigenvalue weighted by Crippen LogP contribution is 2.30. The SMILES string of the molecule is COc1ccc2c(n1)OCCC2N. The van der Waals surface area contributed by atoms with E-state index in [0.717, 1.165) is 12.0 Å². The summed E-state index contributed by atoms with van der Waals surface area (Å²) < 4.78 is 10.3. The van der Waals surface area contributed by atoms with Crippen LogP contribution in [0, 0.1) is 0 Å². The Morgan fingerprint density at radius 1 is 1.62 bits per heavy atom. The van der Waals surface area contributed by atoms with E-state index in [-0.39, 0.29) is 6.04 Å². The third-order valence-electron chi connectivity index (χ3n) is 2.14. The second-order valence-corrected chi connectivity index (χ2v) is 2.99. The van der Waals surface area contributed by atoms with E-state index in [1.807, 2.05) is 6.07 Å². The Morgan fingerprint density at radius 2 is 2.46 bits per heavy atom. The summed E-state index contributed by atoms with van der Waals surface area (Å²) in [5.41, 5.74) is 6.84. The van der Waals surface area contributed by atoms with E-state index in [4.69, 9.17) is 15.2 Å². The molecule has 4 nitrogen and oxygen atoms in total. The topological polar surface area (TPSA) is 57.4 Å². The number of pyridine rings is 1. The Bertz CT molecular complexity index is 314. The Balaban J connectivity index is 2.39.